The maximum atomic E-state index is 11.7. The van der Waals surface area contributed by atoms with Crippen molar-refractivity contribution in [3.63, 3.8) is 0 Å². The van der Waals surface area contributed by atoms with Crippen molar-refractivity contribution in [1.29, 1.82) is 0 Å². The molecule has 0 aliphatic heterocycles. The largest absolute Gasteiger partial charge is 0.468 e. The molecule has 0 rings (SSSR count). The molecule has 0 N–H and O–H groups in total. The zero-order valence-electron chi connectivity index (χ0n) is 5.78. The third-order valence-electron chi connectivity index (χ3n) is 0.488. The van der Waals surface area contributed by atoms with E-state index in [0.717, 1.165) is 0 Å². The molecule has 0 aromatic rings. The molecule has 0 heterocycles. The van der Waals surface area contributed by atoms with E-state index in [1.165, 1.54) is 0 Å². The molecule has 0 fully saturated rings. The lowest BCUT2D eigenvalue weighted by molar-refractivity contribution is 0.224. The maximum absolute atomic E-state index is 11.7. The minimum atomic E-state index is -6.00. The first kappa shape index (κ1) is 13.1. The summed E-state index contributed by atoms with van der Waals surface area (Å²) in [4.78, 5) is 0. The smallest absolute Gasteiger partial charge is 0.325 e. The topological polar surface area (TPSA) is 86.7 Å². The number of rotatable bonds is 4. The van der Waals surface area contributed by atoms with Crippen LogP contribution in [0.15, 0.2) is 12.1 Å². The highest BCUT2D eigenvalue weighted by Gasteiger charge is 2.27. The van der Waals surface area contributed by atoms with E-state index in [1.807, 2.05) is 0 Å². The summed E-state index contributed by atoms with van der Waals surface area (Å²) in [6, 6.07) is -2.92. The van der Waals surface area contributed by atoms with Crippen LogP contribution in [0.2, 0.25) is 0 Å². The van der Waals surface area contributed by atoms with E-state index < -0.39 is 33.0 Å². The van der Waals surface area contributed by atoms with Gasteiger partial charge in [-0.15, -0.1) is 0 Å². The molecule has 0 radical (unpaired) electrons. The minimum Gasteiger partial charge on any atom is -0.325 e. The molecule has 0 atom stereocenters. The SMILES string of the molecule is O=S(=O)(F)OS(=O)(=O)OC(F)=C(F)F. The van der Waals surface area contributed by atoms with E-state index in [4.69, 9.17) is 0 Å². The van der Waals surface area contributed by atoms with Crippen molar-refractivity contribution < 1.29 is 41.7 Å². The van der Waals surface area contributed by atoms with Crippen molar-refractivity contribution in [2.75, 3.05) is 0 Å². The van der Waals surface area contributed by atoms with E-state index in [9.17, 15) is 33.9 Å². The fourth-order valence-electron chi connectivity index (χ4n) is 0.235. The standard InChI is InChI=1S/C2F4O6S2/c3-1(4)2(5)11-14(9,10)12-13(6,7)8. The second-order valence-corrected chi connectivity index (χ2v) is 3.80. The Morgan fingerprint density at radius 1 is 1.00 bits per heavy atom. The molecule has 6 nitrogen and oxygen atoms in total. The van der Waals surface area contributed by atoms with E-state index in [0.29, 0.717) is 0 Å². The maximum Gasteiger partial charge on any atom is 0.468 e. The molecule has 0 amide bonds. The molecular weight excluding hydrogens is 260 g/mol. The molecule has 0 aromatic carbocycles. The Morgan fingerprint density at radius 2 is 1.43 bits per heavy atom. The fraction of sp³-hybridized carbons (Fsp3) is 0. The van der Waals surface area contributed by atoms with E-state index in [1.54, 1.807) is 0 Å². The van der Waals surface area contributed by atoms with Crippen LogP contribution in [-0.2, 0) is 28.7 Å². The van der Waals surface area contributed by atoms with Crippen LogP contribution >= 0.6 is 0 Å². The Kier molecular flexibility index (Phi) is 3.84. The second kappa shape index (κ2) is 4.10. The van der Waals surface area contributed by atoms with E-state index >= 15 is 0 Å². The average Bonchev–Trinajstić information content (AvgIpc) is 1.78. The molecule has 0 bridgehead atoms. The van der Waals surface area contributed by atoms with Gasteiger partial charge in [0.25, 0.3) is 0 Å². The Balaban J connectivity index is 4.80. The normalized spacial score (nSPS) is 12.3. The molecule has 0 aromatic heterocycles. The summed E-state index contributed by atoms with van der Waals surface area (Å²) in [5, 5.41) is 0. The number of hydrogen-bond acceptors (Lipinski definition) is 6. The quantitative estimate of drug-likeness (QED) is 0.416. The lowest BCUT2D eigenvalue weighted by Gasteiger charge is -1.99. The summed E-state index contributed by atoms with van der Waals surface area (Å²) < 4.78 is 90.0. The van der Waals surface area contributed by atoms with Crippen molar-refractivity contribution in [3.8, 4) is 0 Å². The summed E-state index contributed by atoms with van der Waals surface area (Å²) >= 11 is 0. The predicted octanol–water partition coefficient (Wildman–Crippen LogP) is 0.514. The molecule has 12 heteroatoms. The van der Waals surface area contributed by atoms with Crippen molar-refractivity contribution in [2.24, 2.45) is 0 Å². The van der Waals surface area contributed by atoms with Gasteiger partial charge in [-0.25, -0.2) is 0 Å². The van der Waals surface area contributed by atoms with Crippen molar-refractivity contribution in [3.05, 3.63) is 12.1 Å². The molecular formula is C2F4O6S2. The molecule has 0 unspecified atom stereocenters. The predicted molar refractivity (Wildman–Crippen MR) is 31.5 cm³/mol. The van der Waals surface area contributed by atoms with Gasteiger partial charge >= 0.3 is 33.0 Å². The first-order chi connectivity index (χ1) is 6.03. The third kappa shape index (κ3) is 5.71. The summed E-state index contributed by atoms with van der Waals surface area (Å²) in [7, 11) is -11.8. The van der Waals surface area contributed by atoms with E-state index in [-0.39, 0.29) is 0 Å². The highest BCUT2D eigenvalue weighted by atomic mass is 32.3. The van der Waals surface area contributed by atoms with Crippen molar-refractivity contribution in [2.45, 2.75) is 0 Å². The monoisotopic (exact) mass is 260 g/mol. The van der Waals surface area contributed by atoms with Gasteiger partial charge in [-0.3, -0.25) is 0 Å². The van der Waals surface area contributed by atoms with Gasteiger partial charge in [0.2, 0.25) is 0 Å². The highest BCUT2D eigenvalue weighted by Crippen LogP contribution is 2.16. The van der Waals surface area contributed by atoms with Crippen molar-refractivity contribution in [1.82, 2.24) is 0 Å². The summed E-state index contributed by atoms with van der Waals surface area (Å²) in [5.74, 6) is 0. The van der Waals surface area contributed by atoms with Gasteiger partial charge in [-0.05, 0) is 0 Å². The van der Waals surface area contributed by atoms with Gasteiger partial charge in [-0.2, -0.15) is 30.0 Å². The molecule has 0 aliphatic carbocycles. The molecule has 14 heavy (non-hydrogen) atoms. The third-order valence-corrected chi connectivity index (χ3v) is 2.16. The molecule has 84 valence electrons. The van der Waals surface area contributed by atoms with Crippen LogP contribution in [-0.4, -0.2) is 16.8 Å². The Labute approximate surface area is 75.5 Å². The van der Waals surface area contributed by atoms with Crippen LogP contribution in [0.3, 0.4) is 0 Å². The molecule has 0 spiro atoms. The van der Waals surface area contributed by atoms with Crippen LogP contribution < -0.4 is 0 Å². The lowest BCUT2D eigenvalue weighted by Crippen LogP contribution is -2.12. The zero-order chi connectivity index (χ0) is 11.6. The minimum absolute atomic E-state index is 2.49. The van der Waals surface area contributed by atoms with Crippen LogP contribution in [0, 0.1) is 0 Å². The van der Waals surface area contributed by atoms with Crippen LogP contribution in [0.1, 0.15) is 0 Å². The number of hydrogen-bond donors (Lipinski definition) is 0. The Hall–Kier alpha value is -0.880. The van der Waals surface area contributed by atoms with Gasteiger partial charge in [0, 0.05) is 0 Å². The molecule has 0 saturated heterocycles. The van der Waals surface area contributed by atoms with Gasteiger partial charge in [0.05, 0.1) is 0 Å². The van der Waals surface area contributed by atoms with Crippen molar-refractivity contribution >= 4 is 20.9 Å². The molecule has 0 aliphatic rings. The Morgan fingerprint density at radius 3 is 1.71 bits per heavy atom. The van der Waals surface area contributed by atoms with Gasteiger partial charge < -0.3 is 4.18 Å². The van der Waals surface area contributed by atoms with Crippen LogP contribution in [0.25, 0.3) is 0 Å². The molecule has 0 saturated carbocycles. The highest BCUT2D eigenvalue weighted by molar-refractivity contribution is 7.95. The second-order valence-electron chi connectivity index (χ2n) is 1.49. The lowest BCUT2D eigenvalue weighted by atomic mass is 11.0. The number of halogens is 4. The van der Waals surface area contributed by atoms with E-state index in [2.05, 4.69) is 7.81 Å². The summed E-state index contributed by atoms with van der Waals surface area (Å²) in [6.07, 6.45) is -3.19. The fourth-order valence-corrected chi connectivity index (χ4v) is 1.38. The Bertz CT molecular complexity index is 428. The van der Waals surface area contributed by atoms with Crippen LogP contribution in [0.4, 0.5) is 17.1 Å². The first-order valence-electron chi connectivity index (χ1n) is 2.34. The van der Waals surface area contributed by atoms with Gasteiger partial charge in [-0.1, -0.05) is 7.52 Å². The zero-order valence-corrected chi connectivity index (χ0v) is 7.41. The van der Waals surface area contributed by atoms with Gasteiger partial charge in [0.1, 0.15) is 0 Å². The van der Waals surface area contributed by atoms with Crippen LogP contribution in [0.5, 0.6) is 0 Å². The summed E-state index contributed by atoms with van der Waals surface area (Å²) in [6.45, 7) is 0. The average molecular weight is 260 g/mol. The summed E-state index contributed by atoms with van der Waals surface area (Å²) in [5.41, 5.74) is 0. The van der Waals surface area contributed by atoms with Gasteiger partial charge in [0.15, 0.2) is 0 Å². The first-order valence-corrected chi connectivity index (χ1v) is 4.98.